The Hall–Kier alpha value is -0.720. The normalized spacial score (nSPS) is 6.50. The van der Waals surface area contributed by atoms with Gasteiger partial charge in [0.05, 0.1) is 15.5 Å². The molecule has 0 radical (unpaired) electrons. The van der Waals surface area contributed by atoms with Crippen molar-refractivity contribution in [2.24, 2.45) is 0 Å². The molecule has 0 fully saturated rings. The average molecular weight is 105 g/mol. The van der Waals surface area contributed by atoms with E-state index in [9.17, 15) is 0 Å². The number of hydrogen-bond donors (Lipinski definition) is 0. The van der Waals surface area contributed by atoms with E-state index in [1.54, 1.807) is 12.4 Å². The van der Waals surface area contributed by atoms with E-state index >= 15 is 0 Å². The van der Waals surface area contributed by atoms with Gasteiger partial charge in [0.15, 0.2) is 0 Å². The van der Waals surface area contributed by atoms with Crippen LogP contribution in [0, 0.1) is 0 Å². The topological polar surface area (TPSA) is 12.9 Å². The summed E-state index contributed by atoms with van der Waals surface area (Å²) in [6.45, 7) is 0. The molecular formula is C5H9B2N. The molecule has 0 aliphatic carbocycles. The molecule has 0 saturated heterocycles. The fraction of sp³-hybridized carbons (Fsp3) is 0. The maximum absolute atomic E-state index is 3.78. The van der Waals surface area contributed by atoms with Crippen molar-refractivity contribution in [2.75, 3.05) is 0 Å². The summed E-state index contributed by atoms with van der Waals surface area (Å²) in [6, 6.07) is 5.72. The largest absolute Gasteiger partial charge is 0.265 e. The number of hydrogen-bond acceptors (Lipinski definition) is 1. The van der Waals surface area contributed by atoms with Crippen molar-refractivity contribution in [3.05, 3.63) is 30.6 Å². The van der Waals surface area contributed by atoms with Crippen LogP contribution in [0.5, 0.6) is 0 Å². The third-order valence-electron chi connectivity index (χ3n) is 0.566. The first-order valence-electron chi connectivity index (χ1n) is 2.85. The highest BCUT2D eigenvalue weighted by molar-refractivity contribution is 6.75. The Morgan fingerprint density at radius 3 is 1.50 bits per heavy atom. The second kappa shape index (κ2) is 6.28. The predicted octanol–water partition coefficient (Wildman–Crippen LogP) is -0.751. The van der Waals surface area contributed by atoms with Crippen molar-refractivity contribution >= 4 is 15.5 Å². The minimum absolute atomic E-state index is 1.75. The second-order valence-electron chi connectivity index (χ2n) is 1.02. The molecule has 0 unspecified atom stereocenters. The van der Waals surface area contributed by atoms with Crippen molar-refractivity contribution in [1.29, 1.82) is 0 Å². The molecule has 0 saturated carbocycles. The van der Waals surface area contributed by atoms with E-state index in [2.05, 4.69) is 4.98 Å². The smallest absolute Gasteiger partial charge is 0.0643 e. The maximum Gasteiger partial charge on any atom is 0.0643 e. The van der Waals surface area contributed by atoms with Crippen LogP contribution in [0.15, 0.2) is 30.6 Å². The summed E-state index contributed by atoms with van der Waals surface area (Å²) in [5.74, 6) is 0. The highest BCUT2D eigenvalue weighted by atomic mass is 14.6. The van der Waals surface area contributed by atoms with E-state index in [-0.39, 0.29) is 0 Å². The van der Waals surface area contributed by atoms with Gasteiger partial charge in [-0.25, -0.2) is 0 Å². The molecule has 0 aromatic carbocycles. The summed E-state index contributed by atoms with van der Waals surface area (Å²) in [6.07, 6.45) is 3.50. The monoisotopic (exact) mass is 105 g/mol. The zero-order chi connectivity index (χ0) is 6.24. The SMILES string of the molecule is BB.c1ccncc1. The number of aromatic nitrogens is 1. The minimum atomic E-state index is 1.75. The van der Waals surface area contributed by atoms with Crippen LogP contribution in [-0.2, 0) is 0 Å². The third kappa shape index (κ3) is 3.47. The molecule has 8 heavy (non-hydrogen) atoms. The van der Waals surface area contributed by atoms with Gasteiger partial charge in [-0.2, -0.15) is 0 Å². The van der Waals surface area contributed by atoms with Gasteiger partial charge in [0.2, 0.25) is 0 Å². The van der Waals surface area contributed by atoms with E-state index in [1.807, 2.05) is 33.7 Å². The first kappa shape index (κ1) is 7.28. The van der Waals surface area contributed by atoms with Gasteiger partial charge in [0, 0.05) is 12.4 Å². The lowest BCUT2D eigenvalue weighted by Crippen LogP contribution is -1.58. The summed E-state index contributed by atoms with van der Waals surface area (Å²) in [7, 11) is 4.00. The summed E-state index contributed by atoms with van der Waals surface area (Å²) in [4.78, 5) is 3.78. The minimum Gasteiger partial charge on any atom is -0.265 e. The quantitative estimate of drug-likeness (QED) is 0.395. The highest BCUT2D eigenvalue weighted by Crippen LogP contribution is 1.73. The second-order valence-corrected chi connectivity index (χ2v) is 1.02. The van der Waals surface area contributed by atoms with Gasteiger partial charge >= 0.3 is 0 Å². The lowest BCUT2D eigenvalue weighted by atomic mass is 9.81. The van der Waals surface area contributed by atoms with Gasteiger partial charge in [-0.05, 0) is 12.1 Å². The van der Waals surface area contributed by atoms with E-state index < -0.39 is 0 Å². The summed E-state index contributed by atoms with van der Waals surface area (Å²) in [5, 5.41) is 0. The van der Waals surface area contributed by atoms with Crippen molar-refractivity contribution < 1.29 is 0 Å². The molecule has 0 bridgehead atoms. The molecule has 0 spiro atoms. The Morgan fingerprint density at radius 1 is 0.875 bits per heavy atom. The predicted molar refractivity (Wildman–Crippen MR) is 41.3 cm³/mol. The molecule has 1 nitrogen and oxygen atoms in total. The van der Waals surface area contributed by atoms with Crippen LogP contribution in [0.4, 0.5) is 0 Å². The van der Waals surface area contributed by atoms with Gasteiger partial charge in [0.1, 0.15) is 0 Å². The summed E-state index contributed by atoms with van der Waals surface area (Å²) >= 11 is 0. The summed E-state index contributed by atoms with van der Waals surface area (Å²) < 4.78 is 0. The van der Waals surface area contributed by atoms with Gasteiger partial charge in [0.25, 0.3) is 0 Å². The number of rotatable bonds is 0. The standard InChI is InChI=1S/C5H5N.B2H4/c1-2-4-6-5-3-1;1-2/h1-5H;1-2H2. The van der Waals surface area contributed by atoms with E-state index in [4.69, 9.17) is 0 Å². The van der Waals surface area contributed by atoms with Gasteiger partial charge in [-0.15, -0.1) is 0 Å². The molecule has 1 aromatic rings. The lowest BCUT2D eigenvalue weighted by Gasteiger charge is -1.70. The maximum atomic E-state index is 3.78. The molecule has 1 heterocycles. The Balaban J connectivity index is 0.000000222. The van der Waals surface area contributed by atoms with Crippen molar-refractivity contribution in [2.45, 2.75) is 0 Å². The molecule has 0 amide bonds. The Morgan fingerprint density at radius 2 is 1.38 bits per heavy atom. The molecule has 40 valence electrons. The first-order valence-corrected chi connectivity index (χ1v) is 2.85. The fourth-order valence-electron chi connectivity index (χ4n) is 0.313. The van der Waals surface area contributed by atoms with Crippen molar-refractivity contribution in [3.8, 4) is 0 Å². The van der Waals surface area contributed by atoms with Crippen LogP contribution < -0.4 is 0 Å². The van der Waals surface area contributed by atoms with E-state index in [1.165, 1.54) is 0 Å². The molecule has 1 rings (SSSR count). The first-order chi connectivity index (χ1) is 4.00. The van der Waals surface area contributed by atoms with Gasteiger partial charge in [-0.1, -0.05) is 6.07 Å². The zero-order valence-electron chi connectivity index (χ0n) is 5.33. The van der Waals surface area contributed by atoms with Crippen LogP contribution in [0.1, 0.15) is 0 Å². The third-order valence-corrected chi connectivity index (χ3v) is 0.566. The Kier molecular flexibility index (Phi) is 5.71. The molecular weight excluding hydrogens is 95.7 g/mol. The highest BCUT2D eigenvalue weighted by Gasteiger charge is 1.58. The molecule has 3 heteroatoms. The van der Waals surface area contributed by atoms with Crippen LogP contribution >= 0.6 is 0 Å². The van der Waals surface area contributed by atoms with Crippen molar-refractivity contribution in [3.63, 3.8) is 0 Å². The van der Waals surface area contributed by atoms with Crippen LogP contribution in [0.25, 0.3) is 0 Å². The molecule has 1 aromatic heterocycles. The molecule has 0 aliphatic heterocycles. The van der Waals surface area contributed by atoms with Crippen LogP contribution in [0.2, 0.25) is 0 Å². The van der Waals surface area contributed by atoms with Gasteiger partial charge in [-0.3, -0.25) is 4.98 Å². The van der Waals surface area contributed by atoms with E-state index in [0.717, 1.165) is 0 Å². The molecule has 0 atom stereocenters. The van der Waals surface area contributed by atoms with E-state index in [0.29, 0.717) is 0 Å². The molecule has 0 N–H and O–H groups in total. The van der Waals surface area contributed by atoms with Crippen LogP contribution in [-0.4, -0.2) is 20.5 Å². The number of nitrogens with zero attached hydrogens (tertiary/aromatic N) is 1. The fourth-order valence-corrected chi connectivity index (χ4v) is 0.313. The zero-order valence-corrected chi connectivity index (χ0v) is 5.33. The van der Waals surface area contributed by atoms with Crippen molar-refractivity contribution in [1.82, 2.24) is 4.98 Å². The van der Waals surface area contributed by atoms with Gasteiger partial charge < -0.3 is 0 Å². The van der Waals surface area contributed by atoms with Crippen LogP contribution in [0.3, 0.4) is 0 Å². The summed E-state index contributed by atoms with van der Waals surface area (Å²) in [5.41, 5.74) is 0. The Labute approximate surface area is 51.9 Å². The molecule has 0 aliphatic rings. The average Bonchev–Trinajstić information content (AvgIpc) is 1.96. The Bertz CT molecular complexity index is 82.4. The number of pyridine rings is 1. The lowest BCUT2D eigenvalue weighted by molar-refractivity contribution is 1.33.